The van der Waals surface area contributed by atoms with Gasteiger partial charge in [-0.2, -0.15) is 0 Å². The summed E-state index contributed by atoms with van der Waals surface area (Å²) < 4.78 is 6.16. The normalized spacial score (nSPS) is 15.9. The molecular weight excluding hydrogens is 318 g/mol. The Morgan fingerprint density at radius 3 is 2.80 bits per heavy atom. The second kappa shape index (κ2) is 7.67. The van der Waals surface area contributed by atoms with Gasteiger partial charge >= 0.3 is 0 Å². The van der Waals surface area contributed by atoms with E-state index in [1.807, 2.05) is 12.1 Å². The minimum Gasteiger partial charge on any atom is -0.496 e. The highest BCUT2D eigenvalue weighted by Crippen LogP contribution is 2.26. The number of hydrogen-bond donors (Lipinski definition) is 1. The van der Waals surface area contributed by atoms with Gasteiger partial charge in [-0.1, -0.05) is 48.0 Å². The van der Waals surface area contributed by atoms with Gasteiger partial charge in [0.25, 0.3) is 5.91 Å². The van der Waals surface area contributed by atoms with Crippen LogP contribution in [-0.2, 0) is 0 Å². The molecule has 0 spiro atoms. The third-order valence-electron chi connectivity index (χ3n) is 3.97. The summed E-state index contributed by atoms with van der Waals surface area (Å²) in [6.45, 7) is 0.753. The summed E-state index contributed by atoms with van der Waals surface area (Å²) in [6.07, 6.45) is 7.79. The first-order valence-electron chi connectivity index (χ1n) is 7.32. The van der Waals surface area contributed by atoms with Crippen LogP contribution in [0.2, 0.25) is 0 Å². The SMILES string of the molecule is COc1cc(Br)ccc1C(=O)NCCC1CCCCC1. The zero-order chi connectivity index (χ0) is 14.4. The van der Waals surface area contributed by atoms with E-state index in [9.17, 15) is 4.79 Å². The van der Waals surface area contributed by atoms with Crippen LogP contribution < -0.4 is 10.1 Å². The first kappa shape index (κ1) is 15.4. The molecule has 4 heteroatoms. The van der Waals surface area contributed by atoms with Crippen LogP contribution in [0.1, 0.15) is 48.9 Å². The Morgan fingerprint density at radius 2 is 2.10 bits per heavy atom. The highest BCUT2D eigenvalue weighted by Gasteiger charge is 2.15. The van der Waals surface area contributed by atoms with Crippen molar-refractivity contribution in [1.82, 2.24) is 5.32 Å². The van der Waals surface area contributed by atoms with Crippen molar-refractivity contribution in [2.75, 3.05) is 13.7 Å². The summed E-state index contributed by atoms with van der Waals surface area (Å²) >= 11 is 3.38. The van der Waals surface area contributed by atoms with Crippen LogP contribution >= 0.6 is 15.9 Å². The second-order valence-electron chi connectivity index (χ2n) is 5.39. The minimum atomic E-state index is -0.0508. The third kappa shape index (κ3) is 4.23. The molecule has 0 saturated heterocycles. The van der Waals surface area contributed by atoms with Crippen molar-refractivity contribution in [3.05, 3.63) is 28.2 Å². The Hall–Kier alpha value is -1.03. The lowest BCUT2D eigenvalue weighted by molar-refractivity contribution is 0.0947. The van der Waals surface area contributed by atoms with Crippen LogP contribution in [0.4, 0.5) is 0 Å². The lowest BCUT2D eigenvalue weighted by Crippen LogP contribution is -2.26. The number of carbonyl (C=O) groups is 1. The summed E-state index contributed by atoms with van der Waals surface area (Å²) in [6, 6.07) is 5.47. The second-order valence-corrected chi connectivity index (χ2v) is 6.31. The van der Waals surface area contributed by atoms with Crippen LogP contribution in [0, 0.1) is 5.92 Å². The number of benzene rings is 1. The molecule has 0 unspecified atom stereocenters. The molecule has 1 aliphatic rings. The number of ether oxygens (including phenoxy) is 1. The summed E-state index contributed by atoms with van der Waals surface area (Å²) in [5.41, 5.74) is 0.597. The molecule has 0 heterocycles. The number of methoxy groups -OCH3 is 1. The number of hydrogen-bond acceptors (Lipinski definition) is 2. The highest BCUT2D eigenvalue weighted by atomic mass is 79.9. The van der Waals surface area contributed by atoms with Crippen molar-refractivity contribution in [2.45, 2.75) is 38.5 Å². The average Bonchev–Trinajstić information content (AvgIpc) is 2.48. The molecule has 1 saturated carbocycles. The lowest BCUT2D eigenvalue weighted by atomic mass is 9.87. The smallest absolute Gasteiger partial charge is 0.255 e. The molecule has 0 atom stereocenters. The predicted octanol–water partition coefficient (Wildman–Crippen LogP) is 4.16. The quantitative estimate of drug-likeness (QED) is 0.874. The third-order valence-corrected chi connectivity index (χ3v) is 4.46. The van der Waals surface area contributed by atoms with Crippen LogP contribution in [0.15, 0.2) is 22.7 Å². The molecule has 1 aromatic carbocycles. The number of rotatable bonds is 5. The van der Waals surface area contributed by atoms with E-state index in [0.717, 1.165) is 23.4 Å². The predicted molar refractivity (Wildman–Crippen MR) is 84.2 cm³/mol. The monoisotopic (exact) mass is 339 g/mol. The van der Waals surface area contributed by atoms with Gasteiger partial charge in [-0.25, -0.2) is 0 Å². The van der Waals surface area contributed by atoms with E-state index >= 15 is 0 Å². The molecule has 110 valence electrons. The zero-order valence-corrected chi connectivity index (χ0v) is 13.5. The molecule has 0 radical (unpaired) electrons. The summed E-state index contributed by atoms with van der Waals surface area (Å²) in [5, 5.41) is 3.01. The summed E-state index contributed by atoms with van der Waals surface area (Å²) in [4.78, 5) is 12.2. The van der Waals surface area contributed by atoms with Gasteiger partial charge in [-0.15, -0.1) is 0 Å². The number of halogens is 1. The van der Waals surface area contributed by atoms with E-state index in [-0.39, 0.29) is 5.91 Å². The molecule has 1 amide bonds. The van der Waals surface area contributed by atoms with Crippen molar-refractivity contribution in [3.8, 4) is 5.75 Å². The lowest BCUT2D eigenvalue weighted by Gasteiger charge is -2.21. The van der Waals surface area contributed by atoms with Crippen molar-refractivity contribution in [3.63, 3.8) is 0 Å². The molecule has 1 aliphatic carbocycles. The Labute approximate surface area is 129 Å². The maximum absolute atomic E-state index is 12.2. The van der Waals surface area contributed by atoms with Gasteiger partial charge in [0.1, 0.15) is 5.75 Å². The fraction of sp³-hybridized carbons (Fsp3) is 0.562. The maximum atomic E-state index is 12.2. The maximum Gasteiger partial charge on any atom is 0.255 e. The van der Waals surface area contributed by atoms with Crippen molar-refractivity contribution >= 4 is 21.8 Å². The molecule has 0 aliphatic heterocycles. The first-order chi connectivity index (χ1) is 9.70. The number of nitrogens with one attached hydrogen (secondary N) is 1. The van der Waals surface area contributed by atoms with Gasteiger partial charge in [0, 0.05) is 11.0 Å². The van der Waals surface area contributed by atoms with Crippen LogP contribution in [0.5, 0.6) is 5.75 Å². The fourth-order valence-electron chi connectivity index (χ4n) is 2.81. The van der Waals surface area contributed by atoms with Crippen molar-refractivity contribution in [2.24, 2.45) is 5.92 Å². The Kier molecular flexibility index (Phi) is 5.89. The fourth-order valence-corrected chi connectivity index (χ4v) is 3.15. The standard InChI is InChI=1S/C16H22BrNO2/c1-20-15-11-13(17)7-8-14(15)16(19)18-10-9-12-5-3-2-4-6-12/h7-8,11-12H,2-6,9-10H2,1H3,(H,18,19). The molecule has 0 aromatic heterocycles. The van der Waals surface area contributed by atoms with E-state index in [1.165, 1.54) is 32.1 Å². The van der Waals surface area contributed by atoms with Crippen LogP contribution in [0.25, 0.3) is 0 Å². The van der Waals surface area contributed by atoms with Gasteiger partial charge in [0.05, 0.1) is 12.7 Å². The number of carbonyl (C=O) groups excluding carboxylic acids is 1. The molecule has 1 aromatic rings. The average molecular weight is 340 g/mol. The Bertz CT molecular complexity index is 456. The molecule has 3 nitrogen and oxygen atoms in total. The van der Waals surface area contributed by atoms with Gasteiger partial charge in [-0.05, 0) is 30.5 Å². The molecular formula is C16H22BrNO2. The summed E-state index contributed by atoms with van der Waals surface area (Å²) in [5.74, 6) is 1.34. The van der Waals surface area contributed by atoms with Crippen LogP contribution in [0.3, 0.4) is 0 Å². The Balaban J connectivity index is 1.85. The van der Waals surface area contributed by atoms with E-state index in [2.05, 4.69) is 21.2 Å². The highest BCUT2D eigenvalue weighted by molar-refractivity contribution is 9.10. The van der Waals surface area contributed by atoms with E-state index in [4.69, 9.17) is 4.74 Å². The molecule has 1 fully saturated rings. The first-order valence-corrected chi connectivity index (χ1v) is 8.11. The van der Waals surface area contributed by atoms with Gasteiger partial charge in [0.15, 0.2) is 0 Å². The molecule has 0 bridgehead atoms. The minimum absolute atomic E-state index is 0.0508. The summed E-state index contributed by atoms with van der Waals surface area (Å²) in [7, 11) is 1.58. The zero-order valence-electron chi connectivity index (χ0n) is 12.0. The topological polar surface area (TPSA) is 38.3 Å². The van der Waals surface area contributed by atoms with Crippen molar-refractivity contribution in [1.29, 1.82) is 0 Å². The van der Waals surface area contributed by atoms with E-state index < -0.39 is 0 Å². The van der Waals surface area contributed by atoms with Gasteiger partial charge < -0.3 is 10.1 Å². The van der Waals surface area contributed by atoms with Gasteiger partial charge in [0.2, 0.25) is 0 Å². The van der Waals surface area contributed by atoms with Crippen LogP contribution in [-0.4, -0.2) is 19.6 Å². The van der Waals surface area contributed by atoms with Gasteiger partial charge in [-0.3, -0.25) is 4.79 Å². The molecule has 1 N–H and O–H groups in total. The van der Waals surface area contributed by atoms with Crippen molar-refractivity contribution < 1.29 is 9.53 Å². The molecule has 2 rings (SSSR count). The van der Waals surface area contributed by atoms with E-state index in [1.54, 1.807) is 13.2 Å². The largest absolute Gasteiger partial charge is 0.496 e. The van der Waals surface area contributed by atoms with E-state index in [0.29, 0.717) is 11.3 Å². The Morgan fingerprint density at radius 1 is 1.35 bits per heavy atom. The molecule has 20 heavy (non-hydrogen) atoms. The number of amides is 1.